The van der Waals surface area contributed by atoms with Crippen molar-refractivity contribution in [1.29, 1.82) is 0 Å². The van der Waals surface area contributed by atoms with Crippen LogP contribution in [0.25, 0.3) is 115 Å². The van der Waals surface area contributed by atoms with E-state index in [1.165, 1.54) is 109 Å². The average Bonchev–Trinajstić information content (AvgIpc) is 3.63. The first-order chi connectivity index (χ1) is 28.3. The highest BCUT2D eigenvalue weighted by atomic mass is 15.0. The smallest absolute Gasteiger partial charge is 0.0547 e. The lowest BCUT2D eigenvalue weighted by molar-refractivity contribution is 1.18. The minimum Gasteiger partial charge on any atom is -0.309 e. The highest BCUT2D eigenvalue weighted by Crippen LogP contribution is 2.46. The number of hydrogen-bond donors (Lipinski definition) is 0. The molecule has 0 radical (unpaired) electrons. The Morgan fingerprint density at radius 1 is 0.246 bits per heavy atom. The zero-order chi connectivity index (χ0) is 37.5. The third-order valence-corrected chi connectivity index (χ3v) is 12.1. The van der Waals surface area contributed by atoms with Crippen LogP contribution in [0.2, 0.25) is 0 Å². The number of rotatable bonds is 4. The molecular formula is C56H35N. The van der Waals surface area contributed by atoms with Crippen molar-refractivity contribution in [2.24, 2.45) is 0 Å². The van der Waals surface area contributed by atoms with Gasteiger partial charge in [-0.1, -0.05) is 182 Å². The summed E-state index contributed by atoms with van der Waals surface area (Å²) < 4.78 is 2.48. The maximum absolute atomic E-state index is 2.48. The summed E-state index contributed by atoms with van der Waals surface area (Å²) in [6.45, 7) is 0. The molecule has 0 spiro atoms. The van der Waals surface area contributed by atoms with Crippen molar-refractivity contribution < 1.29 is 0 Å². The van der Waals surface area contributed by atoms with Gasteiger partial charge in [0.15, 0.2) is 0 Å². The number of benzene rings is 11. The fourth-order valence-electron chi connectivity index (χ4n) is 9.74. The Balaban J connectivity index is 1.13. The van der Waals surface area contributed by atoms with Gasteiger partial charge in [0.25, 0.3) is 0 Å². The molecular weight excluding hydrogens is 687 g/mol. The van der Waals surface area contributed by atoms with Crippen molar-refractivity contribution >= 4 is 75.7 Å². The van der Waals surface area contributed by atoms with Crippen molar-refractivity contribution in [3.05, 3.63) is 212 Å². The van der Waals surface area contributed by atoms with Gasteiger partial charge in [0.2, 0.25) is 0 Å². The quantitative estimate of drug-likeness (QED) is 0.160. The average molecular weight is 722 g/mol. The van der Waals surface area contributed by atoms with Gasteiger partial charge in [0, 0.05) is 16.5 Å². The molecule has 0 aliphatic rings. The van der Waals surface area contributed by atoms with E-state index in [1.807, 2.05) is 0 Å². The Bertz CT molecular complexity index is 3480. The summed E-state index contributed by atoms with van der Waals surface area (Å²) in [5.74, 6) is 0. The molecule has 0 aliphatic heterocycles. The van der Waals surface area contributed by atoms with Crippen LogP contribution in [-0.4, -0.2) is 4.57 Å². The van der Waals surface area contributed by atoms with Crippen LogP contribution in [0.4, 0.5) is 0 Å². The Morgan fingerprint density at radius 3 is 1.23 bits per heavy atom. The normalized spacial score (nSPS) is 11.9. The van der Waals surface area contributed by atoms with Gasteiger partial charge in [-0.3, -0.25) is 0 Å². The van der Waals surface area contributed by atoms with E-state index >= 15 is 0 Å². The van der Waals surface area contributed by atoms with E-state index in [4.69, 9.17) is 0 Å². The Hall–Kier alpha value is -7.48. The Kier molecular flexibility index (Phi) is 7.00. The summed E-state index contributed by atoms with van der Waals surface area (Å²) in [5.41, 5.74) is 11.1. The first-order valence-electron chi connectivity index (χ1n) is 19.8. The lowest BCUT2D eigenvalue weighted by Gasteiger charge is -2.18. The lowest BCUT2D eigenvalue weighted by Crippen LogP contribution is -1.95. The van der Waals surface area contributed by atoms with E-state index in [-0.39, 0.29) is 0 Å². The van der Waals surface area contributed by atoms with Gasteiger partial charge in [0.05, 0.1) is 11.0 Å². The van der Waals surface area contributed by atoms with Gasteiger partial charge >= 0.3 is 0 Å². The Morgan fingerprint density at radius 2 is 0.649 bits per heavy atom. The molecule has 1 nitrogen and oxygen atoms in total. The molecule has 11 aromatic carbocycles. The van der Waals surface area contributed by atoms with E-state index in [2.05, 4.69) is 217 Å². The number of aromatic nitrogens is 1. The number of fused-ring (bicyclic) bond motifs is 10. The van der Waals surface area contributed by atoms with Crippen LogP contribution in [0.1, 0.15) is 0 Å². The number of hydrogen-bond acceptors (Lipinski definition) is 0. The van der Waals surface area contributed by atoms with Crippen LogP contribution in [0.15, 0.2) is 212 Å². The molecule has 0 bridgehead atoms. The van der Waals surface area contributed by atoms with Crippen LogP contribution >= 0.6 is 0 Å². The van der Waals surface area contributed by atoms with E-state index in [9.17, 15) is 0 Å². The molecule has 1 aromatic heterocycles. The first kappa shape index (κ1) is 31.8. The van der Waals surface area contributed by atoms with Gasteiger partial charge in [-0.05, 0) is 118 Å². The highest BCUT2D eigenvalue weighted by Gasteiger charge is 2.21. The molecule has 0 N–H and O–H groups in total. The summed E-state index contributed by atoms with van der Waals surface area (Å²) in [7, 11) is 0. The molecule has 0 unspecified atom stereocenters. The SMILES string of the molecule is c1ccc(-c2c3ccccc3c(-c3ccc(-n4c5ccc6ccccc6c5c5c6cc7ccccc7c(-c7ccccc7)c6ccc54)cc3)c3ccccc23)cc1. The van der Waals surface area contributed by atoms with Crippen molar-refractivity contribution in [3.63, 3.8) is 0 Å². The largest absolute Gasteiger partial charge is 0.309 e. The molecule has 264 valence electrons. The zero-order valence-electron chi connectivity index (χ0n) is 31.2. The molecule has 1 heterocycles. The van der Waals surface area contributed by atoms with Gasteiger partial charge in [-0.2, -0.15) is 0 Å². The minimum absolute atomic E-state index is 1.15. The fraction of sp³-hybridized carbons (Fsp3) is 0. The summed E-state index contributed by atoms with van der Waals surface area (Å²) in [6.07, 6.45) is 0. The second kappa shape index (κ2) is 12.5. The molecule has 0 aliphatic carbocycles. The van der Waals surface area contributed by atoms with Crippen LogP contribution in [0, 0.1) is 0 Å². The van der Waals surface area contributed by atoms with Gasteiger partial charge < -0.3 is 4.57 Å². The third-order valence-electron chi connectivity index (χ3n) is 12.1. The summed E-state index contributed by atoms with van der Waals surface area (Å²) in [4.78, 5) is 0. The van der Waals surface area contributed by atoms with Crippen molar-refractivity contribution in [2.75, 3.05) is 0 Å². The summed E-state index contributed by atoms with van der Waals surface area (Å²) in [6, 6.07) is 78.2. The topological polar surface area (TPSA) is 4.93 Å². The van der Waals surface area contributed by atoms with Crippen LogP contribution < -0.4 is 0 Å². The molecule has 57 heavy (non-hydrogen) atoms. The molecule has 0 atom stereocenters. The van der Waals surface area contributed by atoms with Crippen molar-refractivity contribution in [1.82, 2.24) is 4.57 Å². The van der Waals surface area contributed by atoms with Crippen LogP contribution in [-0.2, 0) is 0 Å². The second-order valence-electron chi connectivity index (χ2n) is 15.2. The molecule has 1 heteroatoms. The fourth-order valence-corrected chi connectivity index (χ4v) is 9.74. The second-order valence-corrected chi connectivity index (χ2v) is 15.2. The Labute approximate surface area is 330 Å². The first-order valence-corrected chi connectivity index (χ1v) is 19.8. The molecule has 0 amide bonds. The minimum atomic E-state index is 1.15. The van der Waals surface area contributed by atoms with E-state index < -0.39 is 0 Å². The van der Waals surface area contributed by atoms with Gasteiger partial charge in [0.1, 0.15) is 0 Å². The lowest BCUT2D eigenvalue weighted by atomic mass is 9.86. The molecule has 0 saturated heterocycles. The molecule has 0 saturated carbocycles. The highest BCUT2D eigenvalue weighted by molar-refractivity contribution is 6.31. The predicted octanol–water partition coefficient (Wildman–Crippen LogP) is 15.6. The number of nitrogens with zero attached hydrogens (tertiary/aromatic N) is 1. The van der Waals surface area contributed by atoms with Gasteiger partial charge in [-0.15, -0.1) is 0 Å². The van der Waals surface area contributed by atoms with E-state index in [0.717, 1.165) is 5.69 Å². The van der Waals surface area contributed by atoms with Crippen LogP contribution in [0.5, 0.6) is 0 Å². The zero-order valence-corrected chi connectivity index (χ0v) is 31.2. The standard InChI is InChI=1S/C56H35N/c1-3-16-37(17-4-1)52-43-22-10-8-20-40(43)35-49-48(52)32-34-51-56(49)55-42-21-9-7-15-36(42)29-33-50(55)57(51)41-30-27-39(28-31-41)54-46-25-13-11-23-44(46)53(38-18-5-2-6-19-38)45-24-12-14-26-47(45)54/h1-35H. The van der Waals surface area contributed by atoms with Crippen molar-refractivity contribution in [2.45, 2.75) is 0 Å². The van der Waals surface area contributed by atoms with Gasteiger partial charge in [-0.25, -0.2) is 0 Å². The van der Waals surface area contributed by atoms with E-state index in [0.29, 0.717) is 0 Å². The summed E-state index contributed by atoms with van der Waals surface area (Å²) in [5, 5.41) is 15.2. The molecule has 12 aromatic rings. The van der Waals surface area contributed by atoms with Crippen LogP contribution in [0.3, 0.4) is 0 Å². The molecule has 12 rings (SSSR count). The van der Waals surface area contributed by atoms with Crippen molar-refractivity contribution in [3.8, 4) is 39.1 Å². The third kappa shape index (κ3) is 4.76. The monoisotopic (exact) mass is 721 g/mol. The maximum Gasteiger partial charge on any atom is 0.0547 e. The summed E-state index contributed by atoms with van der Waals surface area (Å²) >= 11 is 0. The predicted molar refractivity (Wildman–Crippen MR) is 245 cm³/mol. The van der Waals surface area contributed by atoms with E-state index in [1.54, 1.807) is 0 Å². The molecule has 0 fully saturated rings. The maximum atomic E-state index is 2.48.